The maximum Gasteiger partial charge on any atom is 0.251 e. The number of aliphatic hydroxyl groups is 1. The Balaban J connectivity index is 1.49. The van der Waals surface area contributed by atoms with Gasteiger partial charge >= 0.3 is 0 Å². The lowest BCUT2D eigenvalue weighted by Gasteiger charge is -2.41. The van der Waals surface area contributed by atoms with E-state index in [1.165, 1.54) is 30.7 Å². The molecule has 0 spiro atoms. The Hall–Kier alpha value is -1.46. The molecule has 126 valence electrons. The highest BCUT2D eigenvalue weighted by Crippen LogP contribution is 2.26. The highest BCUT2D eigenvalue weighted by atomic mass is 19.1. The molecule has 1 aliphatic carbocycles. The number of nitrogens with one attached hydrogen (secondary N) is 1. The lowest BCUT2D eigenvalue weighted by molar-refractivity contribution is 0.00727. The van der Waals surface area contributed by atoms with Crippen LogP contribution in [0.2, 0.25) is 0 Å². The van der Waals surface area contributed by atoms with Crippen LogP contribution < -0.4 is 5.32 Å². The van der Waals surface area contributed by atoms with E-state index in [4.69, 9.17) is 0 Å². The fourth-order valence-corrected chi connectivity index (χ4v) is 3.76. The van der Waals surface area contributed by atoms with Crippen LogP contribution in [0.15, 0.2) is 24.3 Å². The summed E-state index contributed by atoms with van der Waals surface area (Å²) in [4.78, 5) is 14.6. The van der Waals surface area contributed by atoms with E-state index in [0.717, 1.165) is 45.2 Å². The van der Waals surface area contributed by atoms with Gasteiger partial charge in [-0.05, 0) is 49.9 Å². The molecule has 23 heavy (non-hydrogen) atoms. The zero-order chi connectivity index (χ0) is 16.2. The van der Waals surface area contributed by atoms with Crippen LogP contribution in [0.1, 0.15) is 48.9 Å². The molecule has 2 fully saturated rings. The first-order valence-corrected chi connectivity index (χ1v) is 8.62. The summed E-state index contributed by atoms with van der Waals surface area (Å²) in [6.07, 6.45) is 5.91. The standard InChI is InChI=1S/C18H25FN2O2/c19-14-7-5-13(6-8-14)18(23)20-15-9-11-21(12-10-15)16-3-1-2-4-17(16)22/h5-8,15-17,22H,1-4,9-12H2,(H,20,23). The van der Waals surface area contributed by atoms with Crippen molar-refractivity contribution in [2.24, 2.45) is 0 Å². The molecule has 1 aromatic carbocycles. The predicted octanol–water partition coefficient (Wildman–Crippen LogP) is 2.32. The molecule has 1 amide bonds. The van der Waals surface area contributed by atoms with Crippen molar-refractivity contribution in [1.82, 2.24) is 10.2 Å². The molecule has 0 aromatic heterocycles. The third-order valence-electron chi connectivity index (χ3n) is 5.13. The Kier molecular flexibility index (Phi) is 5.28. The molecule has 2 atom stereocenters. The molecule has 3 rings (SSSR count). The number of piperidine rings is 1. The zero-order valence-corrected chi connectivity index (χ0v) is 13.4. The summed E-state index contributed by atoms with van der Waals surface area (Å²) < 4.78 is 12.9. The summed E-state index contributed by atoms with van der Waals surface area (Å²) in [5.74, 6) is -0.470. The summed E-state index contributed by atoms with van der Waals surface area (Å²) in [6, 6.07) is 6.09. The van der Waals surface area contributed by atoms with Crippen molar-refractivity contribution in [2.45, 2.75) is 56.7 Å². The van der Waals surface area contributed by atoms with Crippen LogP contribution in [0.3, 0.4) is 0 Å². The van der Waals surface area contributed by atoms with Crippen molar-refractivity contribution in [2.75, 3.05) is 13.1 Å². The van der Waals surface area contributed by atoms with Crippen LogP contribution in [-0.2, 0) is 0 Å². The van der Waals surface area contributed by atoms with Gasteiger partial charge < -0.3 is 10.4 Å². The minimum atomic E-state index is -0.333. The molecular formula is C18H25FN2O2. The molecule has 2 N–H and O–H groups in total. The van der Waals surface area contributed by atoms with Gasteiger partial charge in [-0.15, -0.1) is 0 Å². The van der Waals surface area contributed by atoms with Gasteiger partial charge in [0.1, 0.15) is 5.82 Å². The van der Waals surface area contributed by atoms with Gasteiger partial charge in [0.25, 0.3) is 5.91 Å². The predicted molar refractivity (Wildman–Crippen MR) is 86.7 cm³/mol. The number of carbonyl (C=O) groups is 1. The summed E-state index contributed by atoms with van der Waals surface area (Å²) in [6.45, 7) is 1.83. The number of halogens is 1. The smallest absolute Gasteiger partial charge is 0.251 e. The highest BCUT2D eigenvalue weighted by Gasteiger charge is 2.31. The molecule has 2 unspecified atom stereocenters. The van der Waals surface area contributed by atoms with Crippen molar-refractivity contribution < 1.29 is 14.3 Å². The number of likely N-dealkylation sites (tertiary alicyclic amines) is 1. The van der Waals surface area contributed by atoms with Crippen LogP contribution in [-0.4, -0.2) is 47.2 Å². The van der Waals surface area contributed by atoms with Gasteiger partial charge in [0.15, 0.2) is 0 Å². The third kappa shape index (κ3) is 4.09. The van der Waals surface area contributed by atoms with E-state index in [-0.39, 0.29) is 29.9 Å². The average molecular weight is 320 g/mol. The van der Waals surface area contributed by atoms with E-state index in [0.29, 0.717) is 5.56 Å². The number of hydrogen-bond donors (Lipinski definition) is 2. The second kappa shape index (κ2) is 7.41. The van der Waals surface area contributed by atoms with Gasteiger partial charge in [0, 0.05) is 30.7 Å². The quantitative estimate of drug-likeness (QED) is 0.899. The van der Waals surface area contributed by atoms with E-state index in [1.807, 2.05) is 0 Å². The van der Waals surface area contributed by atoms with Crippen molar-refractivity contribution in [1.29, 1.82) is 0 Å². The first kappa shape index (κ1) is 16.4. The largest absolute Gasteiger partial charge is 0.391 e. The van der Waals surface area contributed by atoms with Crippen molar-refractivity contribution >= 4 is 5.91 Å². The van der Waals surface area contributed by atoms with E-state index in [9.17, 15) is 14.3 Å². The first-order chi connectivity index (χ1) is 11.1. The number of aliphatic hydroxyl groups excluding tert-OH is 1. The van der Waals surface area contributed by atoms with E-state index >= 15 is 0 Å². The Labute approximate surface area is 136 Å². The van der Waals surface area contributed by atoms with Gasteiger partial charge in [0.2, 0.25) is 0 Å². The second-order valence-corrected chi connectivity index (χ2v) is 6.71. The summed E-state index contributed by atoms with van der Waals surface area (Å²) >= 11 is 0. The monoisotopic (exact) mass is 320 g/mol. The minimum absolute atomic E-state index is 0.138. The summed E-state index contributed by atoms with van der Waals surface area (Å²) in [7, 11) is 0. The Morgan fingerprint density at radius 2 is 1.74 bits per heavy atom. The van der Waals surface area contributed by atoms with Crippen molar-refractivity contribution in [3.8, 4) is 0 Å². The SMILES string of the molecule is O=C(NC1CCN(C2CCCCC2O)CC1)c1ccc(F)cc1. The van der Waals surface area contributed by atoms with Gasteiger partial charge in [-0.2, -0.15) is 0 Å². The molecule has 4 nitrogen and oxygen atoms in total. The van der Waals surface area contributed by atoms with E-state index < -0.39 is 0 Å². The molecule has 1 aromatic rings. The fraction of sp³-hybridized carbons (Fsp3) is 0.611. The van der Waals surface area contributed by atoms with Crippen molar-refractivity contribution in [3.63, 3.8) is 0 Å². The first-order valence-electron chi connectivity index (χ1n) is 8.62. The molecule has 0 radical (unpaired) electrons. The molecule has 0 bridgehead atoms. The molecule has 1 heterocycles. The van der Waals surface area contributed by atoms with Gasteiger partial charge in [-0.25, -0.2) is 4.39 Å². The fourth-order valence-electron chi connectivity index (χ4n) is 3.76. The zero-order valence-electron chi connectivity index (χ0n) is 13.4. The Morgan fingerprint density at radius 3 is 2.39 bits per heavy atom. The summed E-state index contributed by atoms with van der Waals surface area (Å²) in [5, 5.41) is 13.2. The van der Waals surface area contributed by atoms with Gasteiger partial charge in [0.05, 0.1) is 6.10 Å². The van der Waals surface area contributed by atoms with Gasteiger partial charge in [-0.3, -0.25) is 9.69 Å². The molecule has 1 aliphatic heterocycles. The van der Waals surface area contributed by atoms with Crippen molar-refractivity contribution in [3.05, 3.63) is 35.6 Å². The van der Waals surface area contributed by atoms with Crippen LogP contribution in [0.5, 0.6) is 0 Å². The second-order valence-electron chi connectivity index (χ2n) is 6.71. The molecule has 5 heteroatoms. The van der Waals surface area contributed by atoms with Crippen LogP contribution >= 0.6 is 0 Å². The third-order valence-corrected chi connectivity index (χ3v) is 5.13. The number of nitrogens with zero attached hydrogens (tertiary/aromatic N) is 1. The lowest BCUT2D eigenvalue weighted by atomic mass is 9.89. The molecule has 1 saturated carbocycles. The van der Waals surface area contributed by atoms with Gasteiger partial charge in [-0.1, -0.05) is 12.8 Å². The number of benzene rings is 1. The van der Waals surface area contributed by atoms with Crippen LogP contribution in [0.4, 0.5) is 4.39 Å². The number of rotatable bonds is 3. The maximum atomic E-state index is 12.9. The Morgan fingerprint density at radius 1 is 1.09 bits per heavy atom. The minimum Gasteiger partial charge on any atom is -0.391 e. The highest BCUT2D eigenvalue weighted by molar-refractivity contribution is 5.94. The molecule has 2 aliphatic rings. The van der Waals surface area contributed by atoms with Crippen LogP contribution in [0, 0.1) is 5.82 Å². The lowest BCUT2D eigenvalue weighted by Crippen LogP contribution is -2.52. The normalized spacial score (nSPS) is 26.9. The molecular weight excluding hydrogens is 295 g/mol. The topological polar surface area (TPSA) is 52.6 Å². The van der Waals surface area contributed by atoms with E-state index in [2.05, 4.69) is 10.2 Å². The average Bonchev–Trinajstić information content (AvgIpc) is 2.57. The Bertz CT molecular complexity index is 526. The number of hydrogen-bond acceptors (Lipinski definition) is 3. The number of amides is 1. The van der Waals surface area contributed by atoms with E-state index in [1.54, 1.807) is 0 Å². The summed E-state index contributed by atoms with van der Waals surface area (Å²) in [5.41, 5.74) is 0.497. The maximum absolute atomic E-state index is 12.9. The van der Waals surface area contributed by atoms with Crippen LogP contribution in [0.25, 0.3) is 0 Å². The number of carbonyl (C=O) groups excluding carboxylic acids is 1. The molecule has 1 saturated heterocycles.